The average Bonchev–Trinajstić information content (AvgIpc) is 2.04. The van der Waals surface area contributed by atoms with E-state index in [9.17, 15) is 0 Å². The van der Waals surface area contributed by atoms with E-state index >= 15 is 0 Å². The van der Waals surface area contributed by atoms with Gasteiger partial charge in [-0.2, -0.15) is 10.5 Å². The topological polar surface area (TPSA) is 47.6 Å². The van der Waals surface area contributed by atoms with E-state index in [4.69, 9.17) is 45.3 Å². The quantitative estimate of drug-likeness (QED) is 0.494. The van der Waals surface area contributed by atoms with Gasteiger partial charge in [0.05, 0.1) is 11.9 Å². The Hall–Kier alpha value is -0.410. The molecule has 0 heterocycles. The van der Waals surface area contributed by atoms with Crippen molar-refractivity contribution in [3.8, 4) is 12.1 Å². The van der Waals surface area contributed by atoms with Gasteiger partial charge in [0, 0.05) is 0 Å². The monoisotopic (exact) mass is 210 g/mol. The Morgan fingerprint density at radius 3 is 1.91 bits per heavy atom. The number of hydrogen-bond acceptors (Lipinski definition) is 2. The van der Waals surface area contributed by atoms with E-state index in [1.807, 2.05) is 0 Å². The van der Waals surface area contributed by atoms with Crippen LogP contribution in [0.3, 0.4) is 0 Å². The smallest absolute Gasteiger partial charge is 0.134 e. The van der Waals surface area contributed by atoms with Crippen molar-refractivity contribution in [2.75, 3.05) is 5.88 Å². The summed E-state index contributed by atoms with van der Waals surface area (Å²) in [4.78, 5) is 0. The van der Waals surface area contributed by atoms with Gasteiger partial charge in [-0.15, -0.1) is 23.2 Å². The summed E-state index contributed by atoms with van der Waals surface area (Å²) in [7, 11) is 0. The number of hydrogen-bond donors (Lipinski definition) is 0. The van der Waals surface area contributed by atoms with E-state index in [0.717, 1.165) is 0 Å². The molecule has 0 rings (SSSR count). The minimum Gasteiger partial charge on any atom is -0.197 e. The molecule has 0 aromatic heterocycles. The van der Waals surface area contributed by atoms with Gasteiger partial charge in [0.15, 0.2) is 0 Å². The predicted molar refractivity (Wildman–Crippen MR) is 46.6 cm³/mol. The fourth-order valence-corrected chi connectivity index (χ4v) is 0.104. The second-order valence-corrected chi connectivity index (χ2v) is 2.56. The predicted octanol–water partition coefficient (Wildman–Crippen LogP) is 2.62. The number of rotatable bonds is 1. The molecule has 2 nitrogen and oxygen atoms in total. The molecule has 0 aromatic carbocycles. The highest BCUT2D eigenvalue weighted by molar-refractivity contribution is 6.31. The summed E-state index contributed by atoms with van der Waals surface area (Å²) < 4.78 is 0. The lowest BCUT2D eigenvalue weighted by Crippen LogP contribution is -1.91. The van der Waals surface area contributed by atoms with Gasteiger partial charge >= 0.3 is 0 Å². The summed E-state index contributed by atoms with van der Waals surface area (Å²) in [6.07, 6.45) is 0. The molecule has 0 fully saturated rings. The van der Waals surface area contributed by atoms with E-state index in [1.165, 1.54) is 0 Å². The van der Waals surface area contributed by atoms with E-state index in [0.29, 0.717) is 0 Å². The first-order valence-electron chi connectivity index (χ1n) is 2.42. The molecular weight excluding hydrogens is 206 g/mol. The maximum atomic E-state index is 7.87. The SMILES string of the molecule is C=C(Cl)C#N.N#CC(Cl)CCl. The Labute approximate surface area is 80.6 Å². The first-order valence-corrected chi connectivity index (χ1v) is 3.77. The summed E-state index contributed by atoms with van der Waals surface area (Å²) in [5.74, 6) is 0.206. The molecular formula is C6H5Cl3N2. The zero-order valence-corrected chi connectivity index (χ0v) is 7.79. The molecule has 0 aliphatic rings. The molecule has 0 aromatic rings. The minimum absolute atomic E-state index is 0.0324. The Bertz CT molecular complexity index is 189. The first kappa shape index (κ1) is 13.2. The lowest BCUT2D eigenvalue weighted by molar-refractivity contribution is 1.24. The Morgan fingerprint density at radius 1 is 1.55 bits per heavy atom. The maximum absolute atomic E-state index is 7.87. The van der Waals surface area contributed by atoms with Crippen LogP contribution in [0.5, 0.6) is 0 Å². The third kappa shape index (κ3) is 17.7. The lowest BCUT2D eigenvalue weighted by Gasteiger charge is -1.82. The summed E-state index contributed by atoms with van der Waals surface area (Å²) in [6.45, 7) is 3.08. The van der Waals surface area contributed by atoms with Gasteiger partial charge in [0.25, 0.3) is 0 Å². The molecule has 5 heteroatoms. The van der Waals surface area contributed by atoms with Crippen molar-refractivity contribution in [1.82, 2.24) is 0 Å². The third-order valence-electron chi connectivity index (χ3n) is 0.397. The van der Waals surface area contributed by atoms with Crippen LogP contribution in [0.15, 0.2) is 11.6 Å². The van der Waals surface area contributed by atoms with Gasteiger partial charge in [-0.3, -0.25) is 0 Å². The van der Waals surface area contributed by atoms with Crippen molar-refractivity contribution < 1.29 is 0 Å². The summed E-state index contributed by atoms with van der Waals surface area (Å²) in [5.41, 5.74) is 0. The van der Waals surface area contributed by atoms with E-state index in [1.54, 1.807) is 12.1 Å². The molecule has 0 spiro atoms. The van der Waals surface area contributed by atoms with Gasteiger partial charge < -0.3 is 0 Å². The number of alkyl halides is 2. The molecule has 1 atom stereocenters. The van der Waals surface area contributed by atoms with E-state index in [2.05, 4.69) is 6.58 Å². The Balaban J connectivity index is 0. The fraction of sp³-hybridized carbons (Fsp3) is 0.333. The zero-order chi connectivity index (χ0) is 9.28. The summed E-state index contributed by atoms with van der Waals surface area (Å²) in [6, 6.07) is 3.35. The standard InChI is InChI=1S/C3H3Cl2N.C3H2ClN/c4-1-3(5)2-6;1-3(4)2-5/h3H,1H2;1H2. The van der Waals surface area contributed by atoms with E-state index < -0.39 is 5.38 Å². The number of halogens is 3. The van der Waals surface area contributed by atoms with Crippen molar-refractivity contribution in [1.29, 1.82) is 10.5 Å². The normalized spacial score (nSPS) is 9.55. The van der Waals surface area contributed by atoms with Crippen molar-refractivity contribution in [3.05, 3.63) is 11.6 Å². The second-order valence-electron chi connectivity index (χ2n) is 1.27. The average molecular weight is 211 g/mol. The van der Waals surface area contributed by atoms with Crippen LogP contribution in [0, 0.1) is 22.7 Å². The summed E-state index contributed by atoms with van der Waals surface area (Å²) in [5, 5.41) is 15.0. The van der Waals surface area contributed by atoms with Crippen molar-refractivity contribution >= 4 is 34.8 Å². The largest absolute Gasteiger partial charge is 0.197 e. The second kappa shape index (κ2) is 9.59. The Kier molecular flexibility index (Phi) is 11.5. The molecule has 0 amide bonds. The van der Waals surface area contributed by atoms with Crippen LogP contribution in [0.4, 0.5) is 0 Å². The number of nitrogens with zero attached hydrogens (tertiary/aromatic N) is 2. The maximum Gasteiger partial charge on any atom is 0.134 e. The first-order chi connectivity index (χ1) is 5.08. The molecule has 0 aliphatic carbocycles. The van der Waals surface area contributed by atoms with Crippen molar-refractivity contribution in [2.45, 2.75) is 5.38 Å². The van der Waals surface area contributed by atoms with Crippen LogP contribution in [-0.2, 0) is 0 Å². The highest BCUT2D eigenvalue weighted by Gasteiger charge is 1.93. The fourth-order valence-electron chi connectivity index (χ4n) is 0.0345. The van der Waals surface area contributed by atoms with Crippen molar-refractivity contribution in [3.63, 3.8) is 0 Å². The third-order valence-corrected chi connectivity index (χ3v) is 1.20. The minimum atomic E-state index is -0.522. The summed E-state index contributed by atoms with van der Waals surface area (Å²) >= 11 is 15.2. The van der Waals surface area contributed by atoms with Gasteiger partial charge in [-0.1, -0.05) is 18.2 Å². The molecule has 0 aliphatic heterocycles. The zero-order valence-electron chi connectivity index (χ0n) is 5.52. The highest BCUT2D eigenvalue weighted by Crippen LogP contribution is 1.93. The molecule has 1 unspecified atom stereocenters. The van der Waals surface area contributed by atoms with Gasteiger partial charge in [0.2, 0.25) is 0 Å². The molecule has 0 N–H and O–H groups in total. The van der Waals surface area contributed by atoms with Crippen LogP contribution in [0.2, 0.25) is 0 Å². The van der Waals surface area contributed by atoms with Gasteiger partial charge in [0.1, 0.15) is 16.5 Å². The Morgan fingerprint density at radius 2 is 1.91 bits per heavy atom. The number of nitriles is 2. The van der Waals surface area contributed by atoms with Crippen LogP contribution in [0.25, 0.3) is 0 Å². The lowest BCUT2D eigenvalue weighted by atomic mass is 10.5. The molecule has 0 radical (unpaired) electrons. The number of allylic oxidation sites excluding steroid dienone is 1. The van der Waals surface area contributed by atoms with Gasteiger partial charge in [-0.05, 0) is 0 Å². The van der Waals surface area contributed by atoms with Crippen LogP contribution in [-0.4, -0.2) is 11.3 Å². The molecule has 11 heavy (non-hydrogen) atoms. The van der Waals surface area contributed by atoms with Crippen LogP contribution < -0.4 is 0 Å². The molecule has 0 saturated carbocycles. The van der Waals surface area contributed by atoms with Crippen LogP contribution >= 0.6 is 34.8 Å². The molecule has 0 saturated heterocycles. The highest BCUT2D eigenvalue weighted by atomic mass is 35.5. The van der Waals surface area contributed by atoms with E-state index in [-0.39, 0.29) is 10.9 Å². The van der Waals surface area contributed by atoms with Crippen molar-refractivity contribution in [2.24, 2.45) is 0 Å². The molecule has 60 valence electrons. The van der Waals surface area contributed by atoms with Crippen LogP contribution in [0.1, 0.15) is 0 Å². The van der Waals surface area contributed by atoms with Gasteiger partial charge in [-0.25, -0.2) is 0 Å². The molecule has 0 bridgehead atoms.